The van der Waals surface area contributed by atoms with Gasteiger partial charge < -0.3 is 19.6 Å². The van der Waals surface area contributed by atoms with E-state index in [1.807, 2.05) is 29.7 Å². The van der Waals surface area contributed by atoms with Crippen LogP contribution in [-0.2, 0) is 11.3 Å². The number of unbranched alkanes of at least 4 members (excludes halogenated alkanes) is 1. The summed E-state index contributed by atoms with van der Waals surface area (Å²) in [5.41, 5.74) is 3.25. The monoisotopic (exact) mass is 377 g/mol. The fraction of sp³-hybridized carbons (Fsp3) is 0.619. The number of hydrogen-bond donors (Lipinski definition) is 2. The number of aromatic nitrogens is 2. The van der Waals surface area contributed by atoms with E-state index in [9.17, 15) is 4.79 Å². The number of aryl methyl sites for hydroxylation is 1. The number of rotatable bonds is 6. The molecular weight excluding hydrogens is 342 g/mol. The Labute approximate surface area is 163 Å². The van der Waals surface area contributed by atoms with Crippen LogP contribution in [0.15, 0.2) is 18.3 Å². The van der Waals surface area contributed by atoms with Crippen LogP contribution in [0.4, 0.5) is 0 Å². The van der Waals surface area contributed by atoms with Crippen molar-refractivity contribution in [3.05, 3.63) is 35.3 Å². The maximum absolute atomic E-state index is 12.6. The summed E-state index contributed by atoms with van der Waals surface area (Å²) in [5, 5.41) is 11.2. The quantitative estimate of drug-likeness (QED) is 0.801. The molecule has 3 rings (SSSR count). The molecule has 2 aromatic rings. The van der Waals surface area contributed by atoms with Gasteiger partial charge in [0, 0.05) is 33.1 Å². The number of ether oxygens (including phenoxy) is 1. The molecule has 152 valence electrons. The first-order valence-electron chi connectivity index (χ1n) is 9.99. The zero-order chi connectivity index (χ0) is 19.6. The van der Waals surface area contributed by atoms with Gasteiger partial charge in [-0.1, -0.05) is 32.6 Å². The van der Waals surface area contributed by atoms with Crippen LogP contribution in [-0.4, -0.2) is 40.2 Å². The molecule has 0 radical (unpaired) electrons. The Morgan fingerprint density at radius 2 is 2.15 bits per heavy atom. The molecule has 1 saturated carbocycles. The highest BCUT2D eigenvalue weighted by molar-refractivity contribution is 6.00. The average Bonchev–Trinajstić information content (AvgIpc) is 3.09. The molecule has 6 nitrogen and oxygen atoms in total. The zero-order valence-corrected chi connectivity index (χ0v) is 16.8. The summed E-state index contributed by atoms with van der Waals surface area (Å²) < 4.78 is 7.11. The molecular formula is C21H35N3O3. The zero-order valence-electron chi connectivity index (χ0n) is 16.8. The topological polar surface area (TPSA) is 75.9 Å². The second-order valence-electron chi connectivity index (χ2n) is 7.13. The van der Waals surface area contributed by atoms with Crippen molar-refractivity contribution in [1.29, 1.82) is 0 Å². The molecule has 0 aliphatic heterocycles. The predicted octanol–water partition coefficient (Wildman–Crippen LogP) is 3.88. The van der Waals surface area contributed by atoms with Crippen LogP contribution in [0.3, 0.4) is 0 Å². The number of hydrogen-bond acceptors (Lipinski definition) is 4. The van der Waals surface area contributed by atoms with E-state index in [2.05, 4.69) is 17.2 Å². The predicted molar refractivity (Wildman–Crippen MR) is 109 cm³/mol. The van der Waals surface area contributed by atoms with Crippen LogP contribution in [0, 0.1) is 6.92 Å². The minimum Gasteiger partial charge on any atom is -0.396 e. The van der Waals surface area contributed by atoms with Crippen molar-refractivity contribution in [2.45, 2.75) is 71.4 Å². The fourth-order valence-corrected chi connectivity index (χ4v) is 3.37. The lowest BCUT2D eigenvalue weighted by molar-refractivity contribution is 0.0929. The Hall–Kier alpha value is -1.92. The summed E-state index contributed by atoms with van der Waals surface area (Å²) in [4.78, 5) is 17.1. The van der Waals surface area contributed by atoms with Crippen molar-refractivity contribution in [3.8, 4) is 0 Å². The van der Waals surface area contributed by atoms with Gasteiger partial charge in [0.2, 0.25) is 0 Å². The summed E-state index contributed by atoms with van der Waals surface area (Å²) in [7, 11) is 1.65. The molecule has 1 aliphatic carbocycles. The van der Waals surface area contributed by atoms with Gasteiger partial charge in [-0.15, -0.1) is 0 Å². The average molecular weight is 378 g/mol. The van der Waals surface area contributed by atoms with Crippen molar-refractivity contribution in [3.63, 3.8) is 0 Å². The van der Waals surface area contributed by atoms with E-state index in [-0.39, 0.29) is 7.33 Å². The molecule has 2 N–H and O–H groups in total. The molecule has 2 aromatic heterocycles. The van der Waals surface area contributed by atoms with Gasteiger partial charge in [0.25, 0.3) is 5.91 Å². The molecule has 6 heteroatoms. The number of nitrogens with zero attached hydrogens (tertiary/aromatic N) is 2. The van der Waals surface area contributed by atoms with Gasteiger partial charge in [-0.05, 0) is 38.3 Å². The van der Waals surface area contributed by atoms with Crippen molar-refractivity contribution < 1.29 is 16.1 Å². The first-order chi connectivity index (χ1) is 13.1. The molecule has 1 aliphatic rings. The van der Waals surface area contributed by atoms with E-state index >= 15 is 0 Å². The van der Waals surface area contributed by atoms with Crippen LogP contribution < -0.4 is 5.32 Å². The van der Waals surface area contributed by atoms with Gasteiger partial charge in [0.15, 0.2) is 0 Å². The van der Waals surface area contributed by atoms with Crippen LogP contribution in [0.2, 0.25) is 0 Å². The first kappa shape index (κ1) is 21.4. The number of aliphatic hydroxyl groups is 1. The van der Waals surface area contributed by atoms with Gasteiger partial charge in [-0.25, -0.2) is 4.98 Å². The third-order valence-corrected chi connectivity index (χ3v) is 4.85. The Morgan fingerprint density at radius 3 is 2.74 bits per heavy atom. The van der Waals surface area contributed by atoms with E-state index in [1.165, 1.54) is 19.3 Å². The molecule has 0 spiro atoms. The standard InChI is InChI=1S/C17H23N3O2.C4H10O.H2/c1-12-10-14(11-22-2)18-16-15(8-9-20(12)16)17(21)19-13-6-4-3-5-7-13;1-2-3-4-5;/h8-10,13H,3-7,11H2,1-2H3,(H,19,21);5H,2-4H2,1H3;1H. The molecule has 1 amide bonds. The normalized spacial score (nSPS) is 14.7. The number of carbonyl (C=O) groups excluding carboxylic acids is 1. The van der Waals surface area contributed by atoms with Crippen molar-refractivity contribution in [1.82, 2.24) is 14.7 Å². The van der Waals surface area contributed by atoms with E-state index < -0.39 is 0 Å². The van der Waals surface area contributed by atoms with Gasteiger partial charge >= 0.3 is 0 Å². The van der Waals surface area contributed by atoms with Gasteiger partial charge in [0.1, 0.15) is 5.65 Å². The number of nitrogens with one attached hydrogen (secondary N) is 1. The van der Waals surface area contributed by atoms with Gasteiger partial charge in [0.05, 0.1) is 17.9 Å². The van der Waals surface area contributed by atoms with Crippen LogP contribution in [0.25, 0.3) is 5.65 Å². The second-order valence-corrected chi connectivity index (χ2v) is 7.13. The lowest BCUT2D eigenvalue weighted by Gasteiger charge is -2.22. The molecule has 0 saturated heterocycles. The third kappa shape index (κ3) is 6.04. The SMILES string of the molecule is CCCCO.COCc1cc(C)n2ccc(C(=O)NC3CCCCC3)c2n1.[HH]. The molecule has 27 heavy (non-hydrogen) atoms. The first-order valence-corrected chi connectivity index (χ1v) is 9.99. The van der Waals surface area contributed by atoms with Gasteiger partial charge in [-0.3, -0.25) is 4.79 Å². The van der Waals surface area contributed by atoms with Crippen LogP contribution >= 0.6 is 0 Å². The summed E-state index contributed by atoms with van der Waals surface area (Å²) in [6.45, 7) is 4.86. The van der Waals surface area contributed by atoms with Crippen molar-refractivity contribution in [2.24, 2.45) is 0 Å². The molecule has 1 fully saturated rings. The molecule has 2 heterocycles. The number of amides is 1. The summed E-state index contributed by atoms with van der Waals surface area (Å²) in [6.07, 6.45) is 9.80. The van der Waals surface area contributed by atoms with Crippen molar-refractivity contribution >= 4 is 11.6 Å². The highest BCUT2D eigenvalue weighted by Gasteiger charge is 2.19. The minimum atomic E-state index is -0.0177. The van der Waals surface area contributed by atoms with E-state index in [4.69, 9.17) is 9.84 Å². The molecule has 0 unspecified atom stereocenters. The summed E-state index contributed by atoms with van der Waals surface area (Å²) >= 11 is 0. The molecule has 0 bridgehead atoms. The smallest absolute Gasteiger partial charge is 0.255 e. The largest absolute Gasteiger partial charge is 0.396 e. The Kier molecular flexibility index (Phi) is 8.75. The van der Waals surface area contributed by atoms with Crippen LogP contribution in [0.5, 0.6) is 0 Å². The molecule has 0 atom stereocenters. The Morgan fingerprint density at radius 1 is 1.41 bits per heavy atom. The minimum absolute atomic E-state index is 0. The maximum atomic E-state index is 12.6. The van der Waals surface area contributed by atoms with E-state index in [0.717, 1.165) is 37.1 Å². The van der Waals surface area contributed by atoms with E-state index in [1.54, 1.807) is 7.11 Å². The highest BCUT2D eigenvalue weighted by atomic mass is 16.5. The molecule has 0 aromatic carbocycles. The summed E-state index contributed by atoms with van der Waals surface area (Å²) in [5.74, 6) is -0.0177. The van der Waals surface area contributed by atoms with E-state index in [0.29, 0.717) is 30.5 Å². The Bertz CT molecular complexity index is 725. The number of methoxy groups -OCH3 is 1. The summed E-state index contributed by atoms with van der Waals surface area (Å²) in [6, 6.07) is 4.14. The second kappa shape index (κ2) is 11.0. The van der Waals surface area contributed by atoms with Gasteiger partial charge in [-0.2, -0.15) is 0 Å². The number of fused-ring (bicyclic) bond motifs is 1. The lowest BCUT2D eigenvalue weighted by atomic mass is 9.95. The lowest BCUT2D eigenvalue weighted by Crippen LogP contribution is -2.36. The Balaban J connectivity index is 0.000000584. The third-order valence-electron chi connectivity index (χ3n) is 4.85. The maximum Gasteiger partial charge on any atom is 0.255 e. The number of aliphatic hydroxyl groups excluding tert-OH is 1. The number of carbonyl (C=O) groups is 1. The van der Waals surface area contributed by atoms with Crippen LogP contribution in [0.1, 0.15) is 75.0 Å². The van der Waals surface area contributed by atoms with Crippen molar-refractivity contribution in [2.75, 3.05) is 13.7 Å². The fourth-order valence-electron chi connectivity index (χ4n) is 3.37. The highest BCUT2D eigenvalue weighted by Crippen LogP contribution is 2.19.